The van der Waals surface area contributed by atoms with E-state index in [-0.39, 0.29) is 30.0 Å². The third-order valence-electron chi connectivity index (χ3n) is 4.54. The quantitative estimate of drug-likeness (QED) is 0.242. The number of hydrogen-bond donors (Lipinski definition) is 2. The van der Waals surface area contributed by atoms with Crippen molar-refractivity contribution in [3.63, 3.8) is 0 Å². The largest absolute Gasteiger partial charge is 0.383 e. The van der Waals surface area contributed by atoms with E-state index in [1.54, 1.807) is 7.11 Å². The molecule has 6 nitrogen and oxygen atoms in total. The van der Waals surface area contributed by atoms with Crippen LogP contribution >= 0.6 is 24.0 Å². The van der Waals surface area contributed by atoms with Gasteiger partial charge in [0.15, 0.2) is 5.96 Å². The Morgan fingerprint density at radius 1 is 1.19 bits per heavy atom. The molecule has 1 aromatic carbocycles. The van der Waals surface area contributed by atoms with Gasteiger partial charge in [0.25, 0.3) is 0 Å². The van der Waals surface area contributed by atoms with E-state index in [1.807, 2.05) is 0 Å². The highest BCUT2D eigenvalue weighted by Gasteiger charge is 2.16. The molecular formula is C20H36IN5O. The summed E-state index contributed by atoms with van der Waals surface area (Å²) < 4.78 is 5.17. The predicted octanol–water partition coefficient (Wildman–Crippen LogP) is 2.41. The second-order valence-corrected chi connectivity index (χ2v) is 6.78. The number of rotatable bonds is 9. The molecule has 1 fully saturated rings. The molecule has 0 aliphatic carbocycles. The standard InChI is InChI=1S/C20H35N5O.HI/c1-4-21-20(23-18(2)17-26-3)22-11-8-12-24-13-15-25(16-14-24)19-9-6-5-7-10-19;/h5-7,9-10,18H,4,8,11-17H2,1-3H3,(H2,21,22,23);1H. The van der Waals surface area contributed by atoms with Crippen molar-refractivity contribution in [2.24, 2.45) is 4.99 Å². The number of para-hydroxylation sites is 1. The summed E-state index contributed by atoms with van der Waals surface area (Å²) in [4.78, 5) is 9.70. The summed E-state index contributed by atoms with van der Waals surface area (Å²) in [7, 11) is 1.72. The molecule has 1 aliphatic rings. The smallest absolute Gasteiger partial charge is 0.191 e. The summed E-state index contributed by atoms with van der Waals surface area (Å²) in [6.07, 6.45) is 1.08. The highest BCUT2D eigenvalue weighted by molar-refractivity contribution is 14.0. The van der Waals surface area contributed by atoms with E-state index < -0.39 is 0 Å². The minimum Gasteiger partial charge on any atom is -0.383 e. The van der Waals surface area contributed by atoms with Crippen LogP contribution in [0.2, 0.25) is 0 Å². The van der Waals surface area contributed by atoms with Gasteiger partial charge in [0.05, 0.1) is 6.61 Å². The Labute approximate surface area is 181 Å². The summed E-state index contributed by atoms with van der Waals surface area (Å²) in [5, 5.41) is 6.67. The van der Waals surface area contributed by atoms with Crippen LogP contribution in [0.1, 0.15) is 20.3 Å². The van der Waals surface area contributed by atoms with Crippen LogP contribution < -0.4 is 15.5 Å². The molecule has 0 bridgehead atoms. The Hall–Kier alpha value is -1.06. The van der Waals surface area contributed by atoms with Crippen LogP contribution in [0, 0.1) is 0 Å². The minimum absolute atomic E-state index is 0. The molecule has 1 heterocycles. The first-order chi connectivity index (χ1) is 12.7. The van der Waals surface area contributed by atoms with Crippen LogP contribution in [0.5, 0.6) is 0 Å². The van der Waals surface area contributed by atoms with Crippen LogP contribution in [0.25, 0.3) is 0 Å². The molecule has 0 amide bonds. The number of nitrogens with zero attached hydrogens (tertiary/aromatic N) is 3. The average Bonchev–Trinajstić information content (AvgIpc) is 2.67. The molecule has 2 N–H and O–H groups in total. The van der Waals surface area contributed by atoms with Gasteiger partial charge in [0, 0.05) is 64.7 Å². The number of piperazine rings is 1. The molecule has 1 atom stereocenters. The van der Waals surface area contributed by atoms with Crippen LogP contribution in [-0.4, -0.2) is 76.4 Å². The Morgan fingerprint density at radius 3 is 2.52 bits per heavy atom. The molecule has 27 heavy (non-hydrogen) atoms. The normalized spacial score (nSPS) is 16.6. The summed E-state index contributed by atoms with van der Waals surface area (Å²) in [6.45, 7) is 12.1. The number of guanidine groups is 1. The fourth-order valence-electron chi connectivity index (χ4n) is 3.20. The summed E-state index contributed by atoms with van der Waals surface area (Å²) in [5.41, 5.74) is 1.34. The number of nitrogens with one attached hydrogen (secondary N) is 2. The average molecular weight is 489 g/mol. The highest BCUT2D eigenvalue weighted by Crippen LogP contribution is 2.15. The first kappa shape index (κ1) is 24.0. The van der Waals surface area contributed by atoms with E-state index in [0.29, 0.717) is 6.61 Å². The fraction of sp³-hybridized carbons (Fsp3) is 0.650. The molecule has 1 aromatic rings. The van der Waals surface area contributed by atoms with Crippen molar-refractivity contribution in [2.75, 3.05) is 64.4 Å². The molecule has 154 valence electrons. The highest BCUT2D eigenvalue weighted by atomic mass is 127. The number of ether oxygens (including phenoxy) is 1. The molecule has 7 heteroatoms. The Balaban J connectivity index is 0.00000364. The van der Waals surface area contributed by atoms with Gasteiger partial charge in [-0.25, -0.2) is 0 Å². The second-order valence-electron chi connectivity index (χ2n) is 6.78. The van der Waals surface area contributed by atoms with E-state index in [0.717, 1.165) is 58.2 Å². The van der Waals surface area contributed by atoms with Gasteiger partial charge in [-0.05, 0) is 32.4 Å². The summed E-state index contributed by atoms with van der Waals surface area (Å²) in [6, 6.07) is 11.0. The maximum Gasteiger partial charge on any atom is 0.191 e. The van der Waals surface area contributed by atoms with Crippen LogP contribution in [0.15, 0.2) is 35.3 Å². The monoisotopic (exact) mass is 489 g/mol. The minimum atomic E-state index is 0. The van der Waals surface area contributed by atoms with Crippen LogP contribution in [-0.2, 0) is 4.74 Å². The molecule has 0 spiro atoms. The van der Waals surface area contributed by atoms with Crippen LogP contribution in [0.3, 0.4) is 0 Å². The van der Waals surface area contributed by atoms with Crippen molar-refractivity contribution in [3.8, 4) is 0 Å². The number of hydrogen-bond acceptors (Lipinski definition) is 4. The van der Waals surface area contributed by atoms with Crippen molar-refractivity contribution in [3.05, 3.63) is 30.3 Å². The lowest BCUT2D eigenvalue weighted by Crippen LogP contribution is -2.46. The zero-order chi connectivity index (χ0) is 18.6. The van der Waals surface area contributed by atoms with Gasteiger partial charge in [-0.2, -0.15) is 0 Å². The maximum atomic E-state index is 5.17. The van der Waals surface area contributed by atoms with Gasteiger partial charge in [-0.15, -0.1) is 24.0 Å². The van der Waals surface area contributed by atoms with Gasteiger partial charge in [-0.1, -0.05) is 18.2 Å². The lowest BCUT2D eigenvalue weighted by atomic mass is 10.2. The molecule has 2 rings (SSSR count). The van der Waals surface area contributed by atoms with E-state index in [1.165, 1.54) is 5.69 Å². The van der Waals surface area contributed by atoms with E-state index in [2.05, 4.69) is 69.6 Å². The zero-order valence-corrected chi connectivity index (χ0v) is 19.3. The zero-order valence-electron chi connectivity index (χ0n) is 17.0. The molecule has 0 aromatic heterocycles. The number of aliphatic imine (C=N–C) groups is 1. The van der Waals surface area contributed by atoms with E-state index in [4.69, 9.17) is 4.74 Å². The van der Waals surface area contributed by atoms with E-state index in [9.17, 15) is 0 Å². The molecule has 1 unspecified atom stereocenters. The van der Waals surface area contributed by atoms with Crippen molar-refractivity contribution in [1.29, 1.82) is 0 Å². The number of benzene rings is 1. The van der Waals surface area contributed by atoms with Gasteiger partial charge in [0.1, 0.15) is 0 Å². The molecule has 0 radical (unpaired) electrons. The van der Waals surface area contributed by atoms with Gasteiger partial charge >= 0.3 is 0 Å². The SMILES string of the molecule is CCNC(=NCCCN1CCN(c2ccccc2)CC1)NC(C)COC.I. The van der Waals surface area contributed by atoms with Crippen molar-refractivity contribution in [1.82, 2.24) is 15.5 Å². The number of anilines is 1. The molecule has 1 saturated heterocycles. The van der Waals surface area contributed by atoms with Gasteiger partial charge in [0.2, 0.25) is 0 Å². The van der Waals surface area contributed by atoms with Gasteiger partial charge in [-0.3, -0.25) is 9.89 Å². The molecular weight excluding hydrogens is 453 g/mol. The van der Waals surface area contributed by atoms with Gasteiger partial charge < -0.3 is 20.3 Å². The molecule has 0 saturated carbocycles. The van der Waals surface area contributed by atoms with E-state index >= 15 is 0 Å². The van der Waals surface area contributed by atoms with Crippen LogP contribution in [0.4, 0.5) is 5.69 Å². The predicted molar refractivity (Wildman–Crippen MR) is 126 cm³/mol. The third kappa shape index (κ3) is 9.12. The maximum absolute atomic E-state index is 5.17. The van der Waals surface area contributed by atoms with Crippen molar-refractivity contribution < 1.29 is 4.74 Å². The Bertz CT molecular complexity index is 520. The van der Waals surface area contributed by atoms with Crippen molar-refractivity contribution in [2.45, 2.75) is 26.3 Å². The second kappa shape index (κ2) is 14.0. The summed E-state index contributed by atoms with van der Waals surface area (Å²) in [5.74, 6) is 0.881. The number of methoxy groups -OCH3 is 1. The fourth-order valence-corrected chi connectivity index (χ4v) is 3.20. The lowest BCUT2D eigenvalue weighted by Gasteiger charge is -2.36. The topological polar surface area (TPSA) is 52.1 Å². The Kier molecular flexibility index (Phi) is 12.4. The third-order valence-corrected chi connectivity index (χ3v) is 4.54. The molecule has 1 aliphatic heterocycles. The summed E-state index contributed by atoms with van der Waals surface area (Å²) >= 11 is 0. The first-order valence-electron chi connectivity index (χ1n) is 9.79. The van der Waals surface area contributed by atoms with Crippen molar-refractivity contribution >= 4 is 35.6 Å². The lowest BCUT2D eigenvalue weighted by molar-refractivity contribution is 0.179. The first-order valence-corrected chi connectivity index (χ1v) is 9.79. The Morgan fingerprint density at radius 2 is 1.89 bits per heavy atom. The number of halogens is 1.